The number of nitrogens with one attached hydrogen (secondary N) is 2. The van der Waals surface area contributed by atoms with E-state index in [9.17, 15) is 14.0 Å². The summed E-state index contributed by atoms with van der Waals surface area (Å²) < 4.78 is 19.3. The molecule has 0 bridgehead atoms. The highest BCUT2D eigenvalue weighted by molar-refractivity contribution is 6.30. The van der Waals surface area contributed by atoms with E-state index >= 15 is 0 Å². The zero-order valence-corrected chi connectivity index (χ0v) is 18.1. The van der Waals surface area contributed by atoms with Crippen LogP contribution in [0.15, 0.2) is 18.2 Å². The molecular formula is C21H31ClFN3O3. The first-order valence-electron chi connectivity index (χ1n) is 10.2. The Morgan fingerprint density at radius 3 is 2.59 bits per heavy atom. The first-order chi connectivity index (χ1) is 13.8. The van der Waals surface area contributed by atoms with Gasteiger partial charge in [-0.1, -0.05) is 11.6 Å². The summed E-state index contributed by atoms with van der Waals surface area (Å²) in [5, 5.41) is 5.86. The molecule has 6 nitrogen and oxygen atoms in total. The van der Waals surface area contributed by atoms with Gasteiger partial charge in [-0.3, -0.25) is 14.5 Å². The molecule has 0 aromatic heterocycles. The summed E-state index contributed by atoms with van der Waals surface area (Å²) in [6.07, 6.45) is 2.38. The van der Waals surface area contributed by atoms with Gasteiger partial charge in [0.05, 0.1) is 17.8 Å². The summed E-state index contributed by atoms with van der Waals surface area (Å²) in [5.41, 5.74) is 0.113. The molecule has 29 heavy (non-hydrogen) atoms. The van der Waals surface area contributed by atoms with Gasteiger partial charge in [0.25, 0.3) is 0 Å². The second-order valence-electron chi connectivity index (χ2n) is 7.66. The van der Waals surface area contributed by atoms with Crippen LogP contribution >= 0.6 is 11.6 Å². The molecule has 0 aliphatic carbocycles. The fraction of sp³-hybridized carbons (Fsp3) is 0.619. The van der Waals surface area contributed by atoms with Crippen molar-refractivity contribution in [1.29, 1.82) is 0 Å². The lowest BCUT2D eigenvalue weighted by atomic mass is 9.95. The molecule has 2 amide bonds. The molecule has 1 unspecified atom stereocenters. The maximum Gasteiger partial charge on any atom is 0.241 e. The van der Waals surface area contributed by atoms with Crippen molar-refractivity contribution in [1.82, 2.24) is 10.2 Å². The number of rotatable bonds is 9. The molecule has 1 aromatic rings. The van der Waals surface area contributed by atoms with Gasteiger partial charge < -0.3 is 15.4 Å². The van der Waals surface area contributed by atoms with E-state index in [4.69, 9.17) is 16.3 Å². The fourth-order valence-corrected chi connectivity index (χ4v) is 3.45. The first kappa shape index (κ1) is 23.6. The minimum absolute atomic E-state index is 0.0405. The lowest BCUT2D eigenvalue weighted by molar-refractivity contribution is -0.127. The molecular weight excluding hydrogens is 397 g/mol. The number of hydrogen-bond acceptors (Lipinski definition) is 4. The molecule has 0 radical (unpaired) electrons. The Morgan fingerprint density at radius 1 is 1.28 bits per heavy atom. The Hall–Kier alpha value is -1.70. The number of carbonyl (C=O) groups excluding carboxylic acids is 2. The Bertz CT molecular complexity index is 694. The zero-order valence-electron chi connectivity index (χ0n) is 17.3. The number of benzene rings is 1. The number of likely N-dealkylation sites (tertiary alicyclic amines) is 1. The lowest BCUT2D eigenvalue weighted by Crippen LogP contribution is -2.48. The van der Waals surface area contributed by atoms with Crippen molar-refractivity contribution in [3.05, 3.63) is 29.0 Å². The summed E-state index contributed by atoms with van der Waals surface area (Å²) >= 11 is 5.74. The van der Waals surface area contributed by atoms with Crippen LogP contribution in [0.1, 0.15) is 40.0 Å². The highest BCUT2D eigenvalue weighted by Gasteiger charge is 2.29. The predicted molar refractivity (Wildman–Crippen MR) is 113 cm³/mol. The Kier molecular flexibility index (Phi) is 9.33. The number of ether oxygens (including phenoxy) is 1. The first-order valence-corrected chi connectivity index (χ1v) is 10.5. The molecule has 1 atom stereocenters. The van der Waals surface area contributed by atoms with E-state index in [1.165, 1.54) is 18.2 Å². The van der Waals surface area contributed by atoms with Crippen LogP contribution in [0.2, 0.25) is 5.02 Å². The van der Waals surface area contributed by atoms with Gasteiger partial charge in [-0.2, -0.15) is 0 Å². The Balaban J connectivity index is 1.73. The number of nitrogens with zero attached hydrogens (tertiary/aromatic N) is 1. The number of halogens is 2. The maximum absolute atomic E-state index is 13.9. The zero-order chi connectivity index (χ0) is 21.4. The van der Waals surface area contributed by atoms with Crippen molar-refractivity contribution in [2.75, 3.05) is 31.6 Å². The summed E-state index contributed by atoms with van der Waals surface area (Å²) in [6, 6.07) is 3.73. The van der Waals surface area contributed by atoms with Crippen LogP contribution in [0.3, 0.4) is 0 Å². The SMILES string of the molecule is CC(C)OCCCNC(=O)C1CCN(C(C)C(=O)Nc2ccc(Cl)cc2F)CC1. The smallest absolute Gasteiger partial charge is 0.241 e. The van der Waals surface area contributed by atoms with E-state index in [0.717, 1.165) is 6.42 Å². The van der Waals surface area contributed by atoms with Crippen molar-refractivity contribution >= 4 is 29.1 Å². The highest BCUT2D eigenvalue weighted by atomic mass is 35.5. The van der Waals surface area contributed by atoms with Gasteiger partial charge in [-0.25, -0.2) is 4.39 Å². The van der Waals surface area contributed by atoms with Crippen LogP contribution in [0.4, 0.5) is 10.1 Å². The quantitative estimate of drug-likeness (QED) is 0.592. The molecule has 1 heterocycles. The van der Waals surface area contributed by atoms with Gasteiger partial charge in [0.15, 0.2) is 0 Å². The highest BCUT2D eigenvalue weighted by Crippen LogP contribution is 2.22. The number of piperidine rings is 1. The number of anilines is 1. The average Bonchev–Trinajstić information content (AvgIpc) is 2.69. The molecule has 1 fully saturated rings. The molecule has 1 aromatic carbocycles. The van der Waals surface area contributed by atoms with Crippen LogP contribution in [0.5, 0.6) is 0 Å². The minimum Gasteiger partial charge on any atom is -0.379 e. The van der Waals surface area contributed by atoms with Crippen LogP contribution in [-0.4, -0.2) is 55.1 Å². The summed E-state index contributed by atoms with van der Waals surface area (Å²) in [7, 11) is 0. The molecule has 0 saturated carbocycles. The predicted octanol–water partition coefficient (Wildman–Crippen LogP) is 3.45. The molecule has 0 spiro atoms. The second-order valence-corrected chi connectivity index (χ2v) is 8.10. The molecule has 1 aliphatic heterocycles. The van der Waals surface area contributed by atoms with Crippen LogP contribution in [0.25, 0.3) is 0 Å². The van der Waals surface area contributed by atoms with Crippen molar-refractivity contribution in [2.45, 2.75) is 52.2 Å². The number of amides is 2. The minimum atomic E-state index is -0.563. The summed E-state index contributed by atoms with van der Waals surface area (Å²) in [5.74, 6) is -0.817. The van der Waals surface area contributed by atoms with Gasteiger partial charge in [0.1, 0.15) is 5.82 Å². The third-order valence-electron chi connectivity index (χ3n) is 5.09. The van der Waals surface area contributed by atoms with E-state index in [1.807, 2.05) is 18.7 Å². The lowest BCUT2D eigenvalue weighted by Gasteiger charge is -2.34. The van der Waals surface area contributed by atoms with E-state index in [0.29, 0.717) is 39.1 Å². The van der Waals surface area contributed by atoms with Crippen molar-refractivity contribution in [3.63, 3.8) is 0 Å². The van der Waals surface area contributed by atoms with E-state index < -0.39 is 11.9 Å². The normalized spacial score (nSPS) is 16.6. The van der Waals surface area contributed by atoms with Gasteiger partial charge in [0, 0.05) is 24.1 Å². The van der Waals surface area contributed by atoms with E-state index in [2.05, 4.69) is 10.6 Å². The van der Waals surface area contributed by atoms with Gasteiger partial charge >= 0.3 is 0 Å². The third kappa shape index (κ3) is 7.57. The average molecular weight is 428 g/mol. The number of hydrogen-bond donors (Lipinski definition) is 2. The maximum atomic E-state index is 13.9. The second kappa shape index (κ2) is 11.5. The van der Waals surface area contributed by atoms with Gasteiger partial charge in [-0.05, 0) is 71.3 Å². The van der Waals surface area contributed by atoms with Crippen LogP contribution in [-0.2, 0) is 14.3 Å². The van der Waals surface area contributed by atoms with E-state index in [1.54, 1.807) is 6.92 Å². The molecule has 8 heteroatoms. The molecule has 2 rings (SSSR count). The van der Waals surface area contributed by atoms with Crippen LogP contribution < -0.4 is 10.6 Å². The van der Waals surface area contributed by atoms with Crippen molar-refractivity contribution < 1.29 is 18.7 Å². The van der Waals surface area contributed by atoms with E-state index in [-0.39, 0.29) is 34.5 Å². The topological polar surface area (TPSA) is 70.7 Å². The summed E-state index contributed by atoms with van der Waals surface area (Å²) in [4.78, 5) is 26.8. The third-order valence-corrected chi connectivity index (χ3v) is 5.32. The monoisotopic (exact) mass is 427 g/mol. The fourth-order valence-electron chi connectivity index (χ4n) is 3.29. The molecule has 162 valence electrons. The van der Waals surface area contributed by atoms with Crippen molar-refractivity contribution in [3.8, 4) is 0 Å². The van der Waals surface area contributed by atoms with Gasteiger partial charge in [-0.15, -0.1) is 0 Å². The number of carbonyl (C=O) groups is 2. The molecule has 2 N–H and O–H groups in total. The Labute approximate surface area is 177 Å². The molecule has 1 aliphatic rings. The molecule has 1 saturated heterocycles. The summed E-state index contributed by atoms with van der Waals surface area (Å²) in [6.45, 7) is 8.30. The standard InChI is InChI=1S/C21H31ClFN3O3/c1-14(2)29-12-4-9-24-21(28)16-7-10-26(11-8-16)15(3)20(27)25-19-6-5-17(22)13-18(19)23/h5-6,13-16H,4,7-12H2,1-3H3,(H,24,28)(H,25,27). The Morgan fingerprint density at radius 2 is 1.97 bits per heavy atom. The van der Waals surface area contributed by atoms with Gasteiger partial charge in [0.2, 0.25) is 11.8 Å². The van der Waals surface area contributed by atoms with Crippen LogP contribution in [0, 0.1) is 11.7 Å². The largest absolute Gasteiger partial charge is 0.379 e. The van der Waals surface area contributed by atoms with Crippen molar-refractivity contribution in [2.24, 2.45) is 5.92 Å².